The molecule has 0 aromatic rings. The zero-order chi connectivity index (χ0) is 12.4. The minimum atomic E-state index is -0.884. The van der Waals surface area contributed by atoms with Gasteiger partial charge in [-0.2, -0.15) is 0 Å². The molecule has 17 heavy (non-hydrogen) atoms. The first kappa shape index (κ1) is 12.1. The highest BCUT2D eigenvalue weighted by atomic mass is 16.4. The van der Waals surface area contributed by atoms with Crippen molar-refractivity contribution in [3.05, 3.63) is 11.3 Å². The quantitative estimate of drug-likeness (QED) is 0.754. The number of rotatable bonds is 3. The van der Waals surface area contributed by atoms with Gasteiger partial charge in [0.05, 0.1) is 5.92 Å². The van der Waals surface area contributed by atoms with E-state index in [4.69, 9.17) is 0 Å². The lowest BCUT2D eigenvalue weighted by atomic mass is 9.86. The maximum Gasteiger partial charge on any atom is 0.311 e. The van der Waals surface area contributed by atoms with Gasteiger partial charge >= 0.3 is 5.97 Å². The largest absolute Gasteiger partial charge is 0.481 e. The van der Waals surface area contributed by atoms with E-state index in [9.17, 15) is 14.7 Å². The fraction of sp³-hybridized carbons (Fsp3) is 0.667. The number of aliphatic carboxylic acids is 1. The normalized spacial score (nSPS) is 24.9. The Bertz CT molecular complexity index is 376. The molecule has 0 aliphatic carbocycles. The highest BCUT2D eigenvalue weighted by molar-refractivity contribution is 5.88. The van der Waals surface area contributed by atoms with Crippen molar-refractivity contribution < 1.29 is 14.7 Å². The molecule has 2 aliphatic rings. The van der Waals surface area contributed by atoms with Crippen LogP contribution in [-0.2, 0) is 9.59 Å². The predicted molar refractivity (Wildman–Crippen MR) is 62.3 cm³/mol. The number of carbonyl (C=O) groups is 2. The molecular formula is C12H18N2O3. The number of carboxylic acids is 1. The van der Waals surface area contributed by atoms with Gasteiger partial charge in [0.2, 0.25) is 5.91 Å². The van der Waals surface area contributed by atoms with E-state index in [0.29, 0.717) is 13.1 Å². The van der Waals surface area contributed by atoms with Crippen LogP contribution in [0.2, 0.25) is 0 Å². The molecule has 1 amide bonds. The van der Waals surface area contributed by atoms with Crippen molar-refractivity contribution in [3.63, 3.8) is 0 Å². The van der Waals surface area contributed by atoms with Crippen molar-refractivity contribution in [2.45, 2.75) is 26.2 Å². The summed E-state index contributed by atoms with van der Waals surface area (Å²) in [6.07, 6.45) is 1.76. The third kappa shape index (κ3) is 2.20. The Morgan fingerprint density at radius 2 is 2.35 bits per heavy atom. The number of amides is 1. The summed E-state index contributed by atoms with van der Waals surface area (Å²) in [5.41, 5.74) is 1.85. The van der Waals surface area contributed by atoms with E-state index in [2.05, 4.69) is 5.32 Å². The summed E-state index contributed by atoms with van der Waals surface area (Å²) in [7, 11) is 0. The zero-order valence-electron chi connectivity index (χ0n) is 10.0. The Labute approximate surface area is 100 Å². The van der Waals surface area contributed by atoms with E-state index in [1.54, 1.807) is 4.90 Å². The second-order valence-corrected chi connectivity index (χ2v) is 4.54. The number of nitrogens with zero attached hydrogens (tertiary/aromatic N) is 1. The molecule has 2 heterocycles. The van der Waals surface area contributed by atoms with Crippen molar-refractivity contribution in [2.24, 2.45) is 5.92 Å². The second kappa shape index (κ2) is 4.87. The lowest BCUT2D eigenvalue weighted by molar-refractivity contribution is -0.145. The molecule has 2 N–H and O–H groups in total. The number of carboxylic acid groups (broad SMARTS) is 1. The maximum atomic E-state index is 12.0. The van der Waals surface area contributed by atoms with Gasteiger partial charge in [0, 0.05) is 38.2 Å². The van der Waals surface area contributed by atoms with Gasteiger partial charge in [-0.15, -0.1) is 0 Å². The van der Waals surface area contributed by atoms with E-state index in [1.165, 1.54) is 0 Å². The van der Waals surface area contributed by atoms with E-state index >= 15 is 0 Å². The molecule has 0 bridgehead atoms. The molecule has 5 heteroatoms. The van der Waals surface area contributed by atoms with Crippen molar-refractivity contribution in [1.82, 2.24) is 10.2 Å². The molecule has 0 radical (unpaired) electrons. The minimum absolute atomic E-state index is 0.0418. The van der Waals surface area contributed by atoms with Crippen molar-refractivity contribution in [1.29, 1.82) is 0 Å². The molecule has 0 spiro atoms. The number of nitrogens with one attached hydrogen (secondary N) is 1. The first-order chi connectivity index (χ1) is 8.15. The number of carbonyl (C=O) groups excluding carboxylic acids is 1. The average molecular weight is 238 g/mol. The van der Waals surface area contributed by atoms with Gasteiger partial charge in [0.15, 0.2) is 0 Å². The standard InChI is InChI=1S/C12H18N2O3/c1-2-5-14-10-3-4-13-7-9(10)8(12(16)17)6-11(14)15/h8,13H,2-7H2,1H3,(H,16,17). The van der Waals surface area contributed by atoms with E-state index < -0.39 is 11.9 Å². The molecule has 0 saturated heterocycles. The molecule has 94 valence electrons. The first-order valence-corrected chi connectivity index (χ1v) is 6.11. The fourth-order valence-electron chi connectivity index (χ4n) is 2.60. The highest BCUT2D eigenvalue weighted by Gasteiger charge is 2.37. The van der Waals surface area contributed by atoms with Crippen LogP contribution in [0.4, 0.5) is 0 Å². The van der Waals surface area contributed by atoms with Gasteiger partial charge in [-0.05, 0) is 12.0 Å². The summed E-state index contributed by atoms with van der Waals surface area (Å²) in [6, 6.07) is 0. The monoisotopic (exact) mass is 238 g/mol. The highest BCUT2D eigenvalue weighted by Crippen LogP contribution is 2.32. The van der Waals surface area contributed by atoms with Crippen LogP contribution in [0.1, 0.15) is 26.2 Å². The molecule has 5 nitrogen and oxygen atoms in total. The summed E-state index contributed by atoms with van der Waals surface area (Å²) in [5.74, 6) is -1.55. The summed E-state index contributed by atoms with van der Waals surface area (Å²) < 4.78 is 0. The van der Waals surface area contributed by atoms with Crippen LogP contribution >= 0.6 is 0 Å². The van der Waals surface area contributed by atoms with Crippen LogP contribution in [0.15, 0.2) is 11.3 Å². The molecule has 1 atom stereocenters. The summed E-state index contributed by atoms with van der Waals surface area (Å²) >= 11 is 0. The Morgan fingerprint density at radius 3 is 3.00 bits per heavy atom. The molecule has 2 aliphatic heterocycles. The van der Waals surface area contributed by atoms with E-state index in [-0.39, 0.29) is 12.3 Å². The van der Waals surface area contributed by atoms with Crippen molar-refractivity contribution >= 4 is 11.9 Å². The van der Waals surface area contributed by atoms with Crippen LogP contribution in [0.5, 0.6) is 0 Å². The van der Waals surface area contributed by atoms with Crippen molar-refractivity contribution in [2.75, 3.05) is 19.6 Å². The van der Waals surface area contributed by atoms with Gasteiger partial charge in [0.25, 0.3) is 0 Å². The Morgan fingerprint density at radius 1 is 1.59 bits per heavy atom. The van der Waals surface area contributed by atoms with Crippen LogP contribution in [0.25, 0.3) is 0 Å². The lowest BCUT2D eigenvalue weighted by Crippen LogP contribution is -2.45. The van der Waals surface area contributed by atoms with Gasteiger partial charge in [-0.3, -0.25) is 9.59 Å². The molecule has 2 rings (SSSR count). The Balaban J connectivity index is 2.36. The minimum Gasteiger partial charge on any atom is -0.481 e. The third-order valence-electron chi connectivity index (χ3n) is 3.40. The Kier molecular flexibility index (Phi) is 3.47. The van der Waals surface area contributed by atoms with Gasteiger partial charge in [0.1, 0.15) is 0 Å². The SMILES string of the molecule is CCCN1C(=O)CC(C(=O)O)C2=C1CCNC2. The topological polar surface area (TPSA) is 69.6 Å². The Hall–Kier alpha value is -1.36. The summed E-state index contributed by atoms with van der Waals surface area (Å²) in [6.45, 7) is 4.14. The summed E-state index contributed by atoms with van der Waals surface area (Å²) in [5, 5.41) is 12.4. The molecule has 1 unspecified atom stereocenters. The molecule has 0 aromatic heterocycles. The second-order valence-electron chi connectivity index (χ2n) is 4.54. The first-order valence-electron chi connectivity index (χ1n) is 6.11. The third-order valence-corrected chi connectivity index (χ3v) is 3.40. The van der Waals surface area contributed by atoms with Gasteiger partial charge in [-0.25, -0.2) is 0 Å². The van der Waals surface area contributed by atoms with E-state index in [1.807, 2.05) is 6.92 Å². The summed E-state index contributed by atoms with van der Waals surface area (Å²) in [4.78, 5) is 24.9. The zero-order valence-corrected chi connectivity index (χ0v) is 10.0. The van der Waals surface area contributed by atoms with Gasteiger partial charge < -0.3 is 15.3 Å². The average Bonchev–Trinajstić information content (AvgIpc) is 2.32. The van der Waals surface area contributed by atoms with Crippen LogP contribution in [-0.4, -0.2) is 41.5 Å². The van der Waals surface area contributed by atoms with Crippen LogP contribution in [0.3, 0.4) is 0 Å². The fourth-order valence-corrected chi connectivity index (χ4v) is 2.60. The van der Waals surface area contributed by atoms with E-state index in [0.717, 1.165) is 30.7 Å². The maximum absolute atomic E-state index is 12.0. The smallest absolute Gasteiger partial charge is 0.311 e. The van der Waals surface area contributed by atoms with Crippen LogP contribution < -0.4 is 5.32 Å². The number of hydrogen-bond acceptors (Lipinski definition) is 3. The lowest BCUT2D eigenvalue weighted by Gasteiger charge is -2.37. The van der Waals surface area contributed by atoms with Crippen molar-refractivity contribution in [3.8, 4) is 0 Å². The predicted octanol–water partition coefficient (Wildman–Crippen LogP) is 0.577. The number of hydrogen-bond donors (Lipinski definition) is 2. The molecule has 0 saturated carbocycles. The molecule has 0 fully saturated rings. The molecular weight excluding hydrogens is 220 g/mol. The molecule has 0 aromatic carbocycles. The van der Waals surface area contributed by atoms with Gasteiger partial charge in [-0.1, -0.05) is 6.92 Å². The van der Waals surface area contributed by atoms with Crippen LogP contribution in [0, 0.1) is 5.92 Å².